The molecule has 142 valence electrons. The molecule has 0 aliphatic carbocycles. The van der Waals surface area contributed by atoms with E-state index in [0.717, 1.165) is 17.9 Å². The molecule has 2 heterocycles. The van der Waals surface area contributed by atoms with E-state index in [-0.39, 0.29) is 5.54 Å². The third kappa shape index (κ3) is 4.36. The maximum atomic E-state index is 4.06. The minimum absolute atomic E-state index is 0.286. The topological polar surface area (TPSA) is 15.3 Å². The summed E-state index contributed by atoms with van der Waals surface area (Å²) in [7, 11) is 0. The molecule has 2 aliphatic rings. The third-order valence-electron chi connectivity index (χ3n) is 7.57. The number of hydrogen-bond donors (Lipinski definition) is 1. The van der Waals surface area contributed by atoms with Gasteiger partial charge in [-0.3, -0.25) is 0 Å². The summed E-state index contributed by atoms with van der Waals surface area (Å²) in [5, 5.41) is 4.06. The van der Waals surface area contributed by atoms with Crippen molar-refractivity contribution in [1.82, 2.24) is 10.2 Å². The molecule has 2 rings (SSSR count). The van der Waals surface area contributed by atoms with Crippen LogP contribution in [0.15, 0.2) is 0 Å². The first-order valence-electron chi connectivity index (χ1n) is 10.6. The van der Waals surface area contributed by atoms with E-state index in [9.17, 15) is 0 Å². The minimum atomic E-state index is 0.286. The molecular formula is C22H44N2. The van der Waals surface area contributed by atoms with Crippen LogP contribution in [0.25, 0.3) is 0 Å². The van der Waals surface area contributed by atoms with E-state index in [1.807, 2.05) is 0 Å². The van der Waals surface area contributed by atoms with E-state index >= 15 is 0 Å². The second kappa shape index (κ2) is 7.66. The molecule has 2 heteroatoms. The second-order valence-electron chi connectivity index (χ2n) is 10.4. The van der Waals surface area contributed by atoms with Crippen molar-refractivity contribution in [1.29, 1.82) is 0 Å². The van der Waals surface area contributed by atoms with Gasteiger partial charge in [-0.15, -0.1) is 0 Å². The summed E-state index contributed by atoms with van der Waals surface area (Å²) in [6.07, 6.45) is 6.89. The first-order valence-corrected chi connectivity index (χ1v) is 10.6. The fourth-order valence-corrected chi connectivity index (χ4v) is 4.99. The van der Waals surface area contributed by atoms with E-state index in [4.69, 9.17) is 0 Å². The van der Waals surface area contributed by atoms with Gasteiger partial charge in [0.05, 0.1) is 0 Å². The molecule has 0 spiro atoms. The average molecular weight is 337 g/mol. The molecular weight excluding hydrogens is 292 g/mol. The predicted octanol–water partition coefficient (Wildman–Crippen LogP) is 5.33. The number of rotatable bonds is 5. The van der Waals surface area contributed by atoms with Crippen molar-refractivity contribution >= 4 is 0 Å². The molecule has 2 nitrogen and oxygen atoms in total. The van der Waals surface area contributed by atoms with E-state index in [1.165, 1.54) is 45.2 Å². The normalized spacial score (nSPS) is 34.9. The van der Waals surface area contributed by atoms with Crippen LogP contribution in [-0.4, -0.2) is 35.6 Å². The van der Waals surface area contributed by atoms with Crippen molar-refractivity contribution in [2.24, 2.45) is 23.2 Å². The minimum Gasteiger partial charge on any atom is -0.308 e. The van der Waals surface area contributed by atoms with Crippen molar-refractivity contribution in [2.45, 2.75) is 105 Å². The van der Waals surface area contributed by atoms with E-state index in [2.05, 4.69) is 65.6 Å². The summed E-state index contributed by atoms with van der Waals surface area (Å²) in [4.78, 5) is 2.78. The van der Waals surface area contributed by atoms with E-state index < -0.39 is 0 Å². The van der Waals surface area contributed by atoms with Gasteiger partial charge < -0.3 is 10.2 Å². The smallest absolute Gasteiger partial charge is 0.0208 e. The first-order chi connectivity index (χ1) is 11.1. The number of nitrogens with one attached hydrogen (secondary N) is 1. The summed E-state index contributed by atoms with van der Waals surface area (Å²) >= 11 is 0. The van der Waals surface area contributed by atoms with Gasteiger partial charge >= 0.3 is 0 Å². The predicted molar refractivity (Wildman–Crippen MR) is 106 cm³/mol. The lowest BCUT2D eigenvalue weighted by atomic mass is 9.74. The largest absolute Gasteiger partial charge is 0.308 e. The first kappa shape index (κ1) is 20.2. The lowest BCUT2D eigenvalue weighted by Gasteiger charge is -2.41. The van der Waals surface area contributed by atoms with Crippen LogP contribution >= 0.6 is 0 Å². The Morgan fingerprint density at radius 1 is 1.12 bits per heavy atom. The van der Waals surface area contributed by atoms with Crippen molar-refractivity contribution in [3.05, 3.63) is 0 Å². The van der Waals surface area contributed by atoms with Gasteiger partial charge in [0.15, 0.2) is 0 Å². The zero-order valence-corrected chi connectivity index (χ0v) is 17.8. The van der Waals surface area contributed by atoms with E-state index in [0.29, 0.717) is 17.4 Å². The Balaban J connectivity index is 2.01. The molecule has 0 radical (unpaired) electrons. The lowest BCUT2D eigenvalue weighted by molar-refractivity contribution is 0.104. The van der Waals surface area contributed by atoms with Gasteiger partial charge in [-0.25, -0.2) is 0 Å². The van der Waals surface area contributed by atoms with E-state index in [1.54, 1.807) is 0 Å². The molecule has 2 fully saturated rings. The molecule has 0 saturated carbocycles. The van der Waals surface area contributed by atoms with Crippen LogP contribution in [0.5, 0.6) is 0 Å². The summed E-state index contributed by atoms with van der Waals surface area (Å²) in [5.41, 5.74) is 0.640. The third-order valence-corrected chi connectivity index (χ3v) is 7.57. The number of piperidine rings is 1. The summed E-state index contributed by atoms with van der Waals surface area (Å²) in [5.74, 6) is 2.46. The summed E-state index contributed by atoms with van der Waals surface area (Å²) < 4.78 is 0. The Hall–Kier alpha value is -0.0800. The highest BCUT2D eigenvalue weighted by atomic mass is 15.2. The molecule has 1 N–H and O–H groups in total. The Labute approximate surface area is 152 Å². The number of likely N-dealkylation sites (tertiary alicyclic amines) is 1. The quantitative estimate of drug-likeness (QED) is 0.730. The molecule has 0 aromatic carbocycles. The molecule has 0 aromatic heterocycles. The van der Waals surface area contributed by atoms with Gasteiger partial charge in [0, 0.05) is 17.6 Å². The summed E-state index contributed by atoms with van der Waals surface area (Å²) in [6.45, 7) is 22.0. The maximum absolute atomic E-state index is 4.06. The van der Waals surface area contributed by atoms with Crippen molar-refractivity contribution in [3.63, 3.8) is 0 Å². The highest BCUT2D eigenvalue weighted by Gasteiger charge is 2.48. The molecule has 0 amide bonds. The second-order valence-corrected chi connectivity index (χ2v) is 10.4. The molecule has 24 heavy (non-hydrogen) atoms. The van der Waals surface area contributed by atoms with Crippen molar-refractivity contribution in [3.8, 4) is 0 Å². The van der Waals surface area contributed by atoms with Crippen LogP contribution in [0, 0.1) is 23.2 Å². The van der Waals surface area contributed by atoms with Crippen LogP contribution in [0.3, 0.4) is 0 Å². The molecule has 2 saturated heterocycles. The van der Waals surface area contributed by atoms with Gasteiger partial charge in [0.25, 0.3) is 0 Å². The molecule has 4 atom stereocenters. The molecule has 0 aromatic rings. The highest BCUT2D eigenvalue weighted by molar-refractivity contribution is 5.06. The van der Waals surface area contributed by atoms with Crippen LogP contribution in [0.1, 0.15) is 87.5 Å². The van der Waals surface area contributed by atoms with Gasteiger partial charge in [0.2, 0.25) is 0 Å². The van der Waals surface area contributed by atoms with Gasteiger partial charge in [-0.05, 0) is 75.8 Å². The van der Waals surface area contributed by atoms with Gasteiger partial charge in [-0.1, -0.05) is 48.0 Å². The number of nitrogens with zero attached hydrogens (tertiary/aromatic N) is 1. The lowest BCUT2D eigenvalue weighted by Crippen LogP contribution is -2.52. The SMILES string of the molecule is CCC1CCN(C(C)CC2CC(C(C)(C)C)NC2(C)C(C)C)CC1. The molecule has 4 unspecified atom stereocenters. The zero-order chi connectivity index (χ0) is 18.1. The average Bonchev–Trinajstić information content (AvgIpc) is 2.86. The Bertz CT molecular complexity index is 389. The molecule has 2 aliphatic heterocycles. The van der Waals surface area contributed by atoms with Gasteiger partial charge in [-0.2, -0.15) is 0 Å². The Morgan fingerprint density at radius 2 is 1.71 bits per heavy atom. The van der Waals surface area contributed by atoms with Crippen LogP contribution in [0.2, 0.25) is 0 Å². The van der Waals surface area contributed by atoms with Crippen molar-refractivity contribution in [2.75, 3.05) is 13.1 Å². The fraction of sp³-hybridized carbons (Fsp3) is 1.00. The standard InChI is InChI=1S/C22H44N2/c1-9-18-10-12-24(13-11-18)17(4)14-19-15-20(21(5,6)7)23-22(19,8)16(2)3/h16-20,23H,9-15H2,1-8H3. The zero-order valence-electron chi connectivity index (χ0n) is 17.8. The van der Waals surface area contributed by atoms with Crippen LogP contribution in [-0.2, 0) is 0 Å². The summed E-state index contributed by atoms with van der Waals surface area (Å²) in [6, 6.07) is 1.37. The van der Waals surface area contributed by atoms with Crippen LogP contribution < -0.4 is 5.32 Å². The number of hydrogen-bond acceptors (Lipinski definition) is 2. The molecule has 0 bridgehead atoms. The fourth-order valence-electron chi connectivity index (χ4n) is 4.99. The Kier molecular flexibility index (Phi) is 6.46. The maximum Gasteiger partial charge on any atom is 0.0208 e. The van der Waals surface area contributed by atoms with Crippen molar-refractivity contribution < 1.29 is 0 Å². The monoisotopic (exact) mass is 336 g/mol. The Morgan fingerprint density at radius 3 is 2.17 bits per heavy atom. The highest BCUT2D eigenvalue weighted by Crippen LogP contribution is 2.43. The van der Waals surface area contributed by atoms with Crippen LogP contribution in [0.4, 0.5) is 0 Å². The van der Waals surface area contributed by atoms with Gasteiger partial charge in [0.1, 0.15) is 0 Å².